The molecular weight excluding hydrogens is 304 g/mol. The number of rotatable bonds is 4. The first-order valence-electron chi connectivity index (χ1n) is 6.88. The Labute approximate surface area is 124 Å². The Morgan fingerprint density at radius 2 is 2.26 bits per heavy atom. The van der Waals surface area contributed by atoms with Gasteiger partial charge in [0.05, 0.1) is 18.8 Å². The van der Waals surface area contributed by atoms with Crippen molar-refractivity contribution in [3.8, 4) is 0 Å². The number of likely N-dealkylation sites (N-methyl/N-ethyl adjacent to an activating group) is 1. The standard InChI is InChI=1S/C15H23BrN2O/c1-11(2)17-10-14-15(18(3)7-8-19-14)12-5-4-6-13(16)9-12/h4-6,9,11,14-15,17H,7-8,10H2,1-3H3. The SMILES string of the molecule is CC(C)NCC1OCCN(C)C1c1cccc(Br)c1. The highest BCUT2D eigenvalue weighted by atomic mass is 79.9. The van der Waals surface area contributed by atoms with E-state index < -0.39 is 0 Å². The maximum atomic E-state index is 5.99. The van der Waals surface area contributed by atoms with E-state index in [1.807, 2.05) is 0 Å². The molecule has 19 heavy (non-hydrogen) atoms. The van der Waals surface area contributed by atoms with E-state index >= 15 is 0 Å². The third-order valence-electron chi connectivity index (χ3n) is 3.52. The van der Waals surface area contributed by atoms with Crippen LogP contribution in [0.4, 0.5) is 0 Å². The Morgan fingerprint density at radius 3 is 2.95 bits per heavy atom. The third kappa shape index (κ3) is 4.02. The number of hydrogen-bond acceptors (Lipinski definition) is 3. The molecule has 2 rings (SSSR count). The molecule has 3 nitrogen and oxygen atoms in total. The highest BCUT2D eigenvalue weighted by molar-refractivity contribution is 9.10. The molecule has 1 aromatic carbocycles. The highest BCUT2D eigenvalue weighted by Crippen LogP contribution is 2.29. The van der Waals surface area contributed by atoms with Crippen LogP contribution in [-0.2, 0) is 4.74 Å². The summed E-state index contributed by atoms with van der Waals surface area (Å²) < 4.78 is 7.11. The number of hydrogen-bond donors (Lipinski definition) is 1. The lowest BCUT2D eigenvalue weighted by Gasteiger charge is -2.40. The van der Waals surface area contributed by atoms with Crippen LogP contribution in [0.15, 0.2) is 28.7 Å². The highest BCUT2D eigenvalue weighted by Gasteiger charge is 2.31. The van der Waals surface area contributed by atoms with Crippen molar-refractivity contribution in [2.75, 3.05) is 26.7 Å². The van der Waals surface area contributed by atoms with Crippen LogP contribution in [0, 0.1) is 0 Å². The molecule has 1 aliphatic heterocycles. The van der Waals surface area contributed by atoms with E-state index in [1.165, 1.54) is 5.56 Å². The number of ether oxygens (including phenoxy) is 1. The second-order valence-corrected chi connectivity index (χ2v) is 6.37. The van der Waals surface area contributed by atoms with Crippen molar-refractivity contribution in [1.29, 1.82) is 0 Å². The topological polar surface area (TPSA) is 24.5 Å². The zero-order valence-corrected chi connectivity index (χ0v) is 13.5. The van der Waals surface area contributed by atoms with Gasteiger partial charge in [-0.25, -0.2) is 0 Å². The monoisotopic (exact) mass is 326 g/mol. The fraction of sp³-hybridized carbons (Fsp3) is 0.600. The number of nitrogens with one attached hydrogen (secondary N) is 1. The van der Waals surface area contributed by atoms with E-state index in [4.69, 9.17) is 4.74 Å². The molecule has 0 radical (unpaired) electrons. The maximum Gasteiger partial charge on any atom is 0.0896 e. The maximum absolute atomic E-state index is 5.99. The quantitative estimate of drug-likeness (QED) is 0.920. The molecule has 0 amide bonds. The van der Waals surface area contributed by atoms with Crippen molar-refractivity contribution in [3.63, 3.8) is 0 Å². The second-order valence-electron chi connectivity index (χ2n) is 5.45. The van der Waals surface area contributed by atoms with Gasteiger partial charge >= 0.3 is 0 Å². The molecule has 0 aromatic heterocycles. The number of halogens is 1. The lowest BCUT2D eigenvalue weighted by atomic mass is 9.98. The van der Waals surface area contributed by atoms with Crippen LogP contribution in [-0.4, -0.2) is 43.8 Å². The van der Waals surface area contributed by atoms with Gasteiger partial charge in [-0.2, -0.15) is 0 Å². The molecule has 0 aliphatic carbocycles. The summed E-state index contributed by atoms with van der Waals surface area (Å²) in [6, 6.07) is 9.33. The summed E-state index contributed by atoms with van der Waals surface area (Å²) in [5, 5.41) is 3.49. The summed E-state index contributed by atoms with van der Waals surface area (Å²) in [6.07, 6.45) is 0.204. The van der Waals surface area contributed by atoms with E-state index in [0.717, 1.165) is 24.2 Å². The van der Waals surface area contributed by atoms with Crippen LogP contribution in [0.25, 0.3) is 0 Å². The van der Waals surface area contributed by atoms with E-state index in [2.05, 4.69) is 71.3 Å². The lowest BCUT2D eigenvalue weighted by Crippen LogP contribution is -2.48. The molecule has 1 aromatic rings. The smallest absolute Gasteiger partial charge is 0.0896 e. The van der Waals surface area contributed by atoms with Crippen LogP contribution in [0.1, 0.15) is 25.5 Å². The van der Waals surface area contributed by atoms with Gasteiger partial charge in [-0.1, -0.05) is 41.9 Å². The summed E-state index contributed by atoms with van der Waals surface area (Å²) >= 11 is 3.56. The van der Waals surface area contributed by atoms with Gasteiger partial charge < -0.3 is 10.1 Å². The number of benzene rings is 1. The molecule has 1 aliphatic rings. The van der Waals surface area contributed by atoms with Crippen molar-refractivity contribution >= 4 is 15.9 Å². The van der Waals surface area contributed by atoms with Gasteiger partial charge in [-0.15, -0.1) is 0 Å². The second kappa shape index (κ2) is 6.84. The Morgan fingerprint density at radius 1 is 1.47 bits per heavy atom. The average molecular weight is 327 g/mol. The van der Waals surface area contributed by atoms with E-state index in [0.29, 0.717) is 12.1 Å². The molecule has 4 heteroatoms. The third-order valence-corrected chi connectivity index (χ3v) is 4.01. The minimum atomic E-state index is 0.204. The molecule has 1 saturated heterocycles. The zero-order valence-electron chi connectivity index (χ0n) is 11.9. The molecule has 0 spiro atoms. The summed E-state index contributed by atoms with van der Waals surface area (Å²) in [5.74, 6) is 0. The fourth-order valence-corrected chi connectivity index (χ4v) is 2.96. The van der Waals surface area contributed by atoms with Gasteiger partial charge in [-0.05, 0) is 24.7 Å². The van der Waals surface area contributed by atoms with Crippen LogP contribution >= 0.6 is 15.9 Å². The number of morpholine rings is 1. The van der Waals surface area contributed by atoms with Crippen LogP contribution in [0.5, 0.6) is 0 Å². The van der Waals surface area contributed by atoms with Crippen molar-refractivity contribution in [2.45, 2.75) is 32.0 Å². The first-order valence-corrected chi connectivity index (χ1v) is 7.68. The van der Waals surface area contributed by atoms with E-state index in [9.17, 15) is 0 Å². The van der Waals surface area contributed by atoms with Gasteiger partial charge in [0.2, 0.25) is 0 Å². The predicted molar refractivity (Wildman–Crippen MR) is 82.4 cm³/mol. The molecule has 2 atom stereocenters. The Balaban J connectivity index is 2.16. The molecule has 2 unspecified atom stereocenters. The Bertz CT molecular complexity index is 411. The molecule has 0 saturated carbocycles. The van der Waals surface area contributed by atoms with Crippen molar-refractivity contribution in [1.82, 2.24) is 10.2 Å². The van der Waals surface area contributed by atoms with Crippen molar-refractivity contribution in [2.24, 2.45) is 0 Å². The lowest BCUT2D eigenvalue weighted by molar-refractivity contribution is -0.0620. The molecule has 1 N–H and O–H groups in total. The summed E-state index contributed by atoms with van der Waals surface area (Å²) in [5.41, 5.74) is 1.31. The minimum Gasteiger partial charge on any atom is -0.374 e. The minimum absolute atomic E-state index is 0.204. The van der Waals surface area contributed by atoms with E-state index in [-0.39, 0.29) is 6.10 Å². The van der Waals surface area contributed by atoms with Crippen molar-refractivity contribution < 1.29 is 4.74 Å². The van der Waals surface area contributed by atoms with Gasteiger partial charge in [0.25, 0.3) is 0 Å². The Kier molecular flexibility index (Phi) is 5.39. The first kappa shape index (κ1) is 15.0. The number of nitrogens with zero attached hydrogens (tertiary/aromatic N) is 1. The van der Waals surface area contributed by atoms with Crippen LogP contribution in [0.2, 0.25) is 0 Å². The fourth-order valence-electron chi connectivity index (χ4n) is 2.54. The van der Waals surface area contributed by atoms with Crippen LogP contribution < -0.4 is 5.32 Å². The first-order chi connectivity index (χ1) is 9.08. The normalized spacial score (nSPS) is 24.9. The van der Waals surface area contributed by atoms with Crippen molar-refractivity contribution in [3.05, 3.63) is 34.3 Å². The van der Waals surface area contributed by atoms with Crippen LogP contribution in [0.3, 0.4) is 0 Å². The predicted octanol–water partition coefficient (Wildman–Crippen LogP) is 2.82. The molecule has 106 valence electrons. The molecule has 1 fully saturated rings. The molecule has 1 heterocycles. The molecular formula is C15H23BrN2O. The van der Waals surface area contributed by atoms with Gasteiger partial charge in [0.1, 0.15) is 0 Å². The Hall–Kier alpha value is -0.420. The summed E-state index contributed by atoms with van der Waals surface area (Å²) in [4.78, 5) is 2.39. The van der Waals surface area contributed by atoms with E-state index in [1.54, 1.807) is 0 Å². The summed E-state index contributed by atoms with van der Waals surface area (Å²) in [7, 11) is 2.18. The van der Waals surface area contributed by atoms with Gasteiger partial charge in [0, 0.05) is 23.6 Å². The largest absolute Gasteiger partial charge is 0.374 e. The van der Waals surface area contributed by atoms with Gasteiger partial charge in [-0.3, -0.25) is 4.90 Å². The zero-order chi connectivity index (χ0) is 13.8. The average Bonchev–Trinajstić information content (AvgIpc) is 2.36. The van der Waals surface area contributed by atoms with Gasteiger partial charge in [0.15, 0.2) is 0 Å². The summed E-state index contributed by atoms with van der Waals surface area (Å²) in [6.45, 7) is 7.02. The molecule has 0 bridgehead atoms.